The quantitative estimate of drug-likeness (QED) is 0.458. The summed E-state index contributed by atoms with van der Waals surface area (Å²) in [5, 5.41) is 27.5. The number of fused-ring (bicyclic) bond motifs is 1. The molecule has 5 atom stereocenters. The highest BCUT2D eigenvalue weighted by Gasteiger charge is 2.76. The Balaban J connectivity index is 1.78. The van der Waals surface area contributed by atoms with E-state index in [9.17, 15) is 29.4 Å². The number of carboxylic acid groups (broad SMARTS) is 2. The fourth-order valence-electron chi connectivity index (χ4n) is 4.36. The molecule has 0 radical (unpaired) electrons. The largest absolute Gasteiger partial charge is 0.481 e. The van der Waals surface area contributed by atoms with Crippen LogP contribution >= 0.6 is 11.6 Å². The van der Waals surface area contributed by atoms with E-state index < -0.39 is 59.0 Å². The molecule has 10 nitrogen and oxygen atoms in total. The van der Waals surface area contributed by atoms with Gasteiger partial charge in [-0.1, -0.05) is 17.7 Å². The summed E-state index contributed by atoms with van der Waals surface area (Å²) in [6.07, 6.45) is -1.14. The molecule has 11 heteroatoms. The molecule has 3 rings (SSSR count). The molecule has 168 valence electrons. The number of aliphatic carboxylic acids is 2. The van der Waals surface area contributed by atoms with E-state index in [1.165, 1.54) is 6.07 Å². The van der Waals surface area contributed by atoms with Crippen LogP contribution in [0, 0.1) is 17.8 Å². The first-order valence-corrected chi connectivity index (χ1v) is 10.0. The van der Waals surface area contributed by atoms with Crippen LogP contribution in [-0.2, 0) is 14.3 Å². The summed E-state index contributed by atoms with van der Waals surface area (Å²) in [7, 11) is 0. The molecule has 0 heterocycles. The van der Waals surface area contributed by atoms with Crippen LogP contribution in [0.15, 0.2) is 24.3 Å². The Bertz CT molecular complexity index is 932. The normalized spacial score (nSPS) is 28.8. The number of nitrogens with one attached hydrogen (secondary N) is 3. The highest BCUT2D eigenvalue weighted by atomic mass is 35.5. The van der Waals surface area contributed by atoms with Crippen LogP contribution in [0.3, 0.4) is 0 Å². The predicted octanol–water partition coefficient (Wildman–Crippen LogP) is 2.53. The third-order valence-corrected chi connectivity index (χ3v) is 5.68. The van der Waals surface area contributed by atoms with Crippen molar-refractivity contribution in [3.8, 4) is 0 Å². The van der Waals surface area contributed by atoms with Gasteiger partial charge in [-0.05, 0) is 44.9 Å². The third-order valence-electron chi connectivity index (χ3n) is 5.44. The molecule has 0 aromatic heterocycles. The fourth-order valence-corrected chi connectivity index (χ4v) is 4.55. The number of amides is 3. The van der Waals surface area contributed by atoms with Gasteiger partial charge in [0.15, 0.2) is 0 Å². The molecule has 0 aliphatic heterocycles. The van der Waals surface area contributed by atoms with Crippen LogP contribution in [0.25, 0.3) is 0 Å². The van der Waals surface area contributed by atoms with E-state index in [0.29, 0.717) is 10.7 Å². The molecular weight excluding hydrogens is 430 g/mol. The first-order valence-electron chi connectivity index (χ1n) is 9.64. The maximum Gasteiger partial charge on any atom is 0.408 e. The van der Waals surface area contributed by atoms with Gasteiger partial charge in [-0.2, -0.15) is 0 Å². The van der Waals surface area contributed by atoms with E-state index in [1.54, 1.807) is 39.0 Å². The molecule has 31 heavy (non-hydrogen) atoms. The summed E-state index contributed by atoms with van der Waals surface area (Å²) in [5.41, 5.74) is -2.32. The monoisotopic (exact) mass is 453 g/mol. The highest BCUT2D eigenvalue weighted by molar-refractivity contribution is 6.30. The summed E-state index contributed by atoms with van der Waals surface area (Å²) < 4.78 is 5.17. The smallest absolute Gasteiger partial charge is 0.408 e. The molecule has 0 saturated heterocycles. The maximum atomic E-state index is 12.4. The summed E-state index contributed by atoms with van der Waals surface area (Å²) >= 11 is 5.89. The van der Waals surface area contributed by atoms with E-state index in [0.717, 1.165) is 0 Å². The number of carbonyl (C=O) groups excluding carboxylic acids is 2. The second-order valence-electron chi connectivity index (χ2n) is 8.79. The second-order valence-corrected chi connectivity index (χ2v) is 9.23. The van der Waals surface area contributed by atoms with Crippen molar-refractivity contribution in [1.82, 2.24) is 10.6 Å². The van der Waals surface area contributed by atoms with Gasteiger partial charge in [0.2, 0.25) is 0 Å². The van der Waals surface area contributed by atoms with E-state index in [-0.39, 0.29) is 6.42 Å². The van der Waals surface area contributed by atoms with Crippen LogP contribution in [0.4, 0.5) is 15.3 Å². The number of hydrogen-bond acceptors (Lipinski definition) is 5. The zero-order chi connectivity index (χ0) is 23.1. The number of hydrogen-bond donors (Lipinski definition) is 5. The molecule has 2 aliphatic carbocycles. The number of carboxylic acids is 2. The second kappa shape index (κ2) is 7.92. The Morgan fingerprint density at radius 2 is 1.87 bits per heavy atom. The molecule has 1 aromatic rings. The number of halogens is 1. The van der Waals surface area contributed by atoms with Crippen LogP contribution in [0.5, 0.6) is 0 Å². The van der Waals surface area contributed by atoms with Gasteiger partial charge in [-0.3, -0.25) is 4.79 Å². The van der Waals surface area contributed by atoms with Crippen molar-refractivity contribution in [2.45, 2.75) is 44.4 Å². The van der Waals surface area contributed by atoms with E-state index in [4.69, 9.17) is 16.3 Å². The van der Waals surface area contributed by atoms with Crippen molar-refractivity contribution in [3.63, 3.8) is 0 Å². The Kier molecular flexibility index (Phi) is 5.79. The van der Waals surface area contributed by atoms with E-state index in [2.05, 4.69) is 16.0 Å². The molecule has 0 bridgehead atoms. The molecule has 1 aromatic carbocycles. The summed E-state index contributed by atoms with van der Waals surface area (Å²) in [6, 6.07) is 5.01. The lowest BCUT2D eigenvalue weighted by molar-refractivity contribution is -0.147. The first kappa shape index (κ1) is 22.7. The Labute approximate surface area is 183 Å². The average Bonchev–Trinajstić information content (AvgIpc) is 3.28. The standard InChI is InChI=1S/C20H24ClN3O7/c1-19(2,3)31-18(30)24-20(16(27)28)8-11(12-13(14(12)20)15(25)26)23-17(29)22-10-6-4-5-9(21)7-10/h4-7,11-14H,8H2,1-3H3,(H,24,30)(H,25,26)(H,27,28)(H2,22,23,29). The first-order chi connectivity index (χ1) is 14.3. The number of benzene rings is 1. The van der Waals surface area contributed by atoms with Crippen LogP contribution in [0.1, 0.15) is 27.2 Å². The zero-order valence-electron chi connectivity index (χ0n) is 17.1. The van der Waals surface area contributed by atoms with Crippen molar-refractivity contribution in [3.05, 3.63) is 29.3 Å². The molecule has 2 saturated carbocycles. The molecule has 5 N–H and O–H groups in total. The van der Waals surface area contributed by atoms with E-state index in [1.807, 2.05) is 0 Å². The maximum absolute atomic E-state index is 12.4. The van der Waals surface area contributed by atoms with Crippen molar-refractivity contribution >= 4 is 41.4 Å². The van der Waals surface area contributed by atoms with E-state index >= 15 is 0 Å². The van der Waals surface area contributed by atoms with Crippen LogP contribution in [-0.4, -0.2) is 51.5 Å². The van der Waals surface area contributed by atoms with Crippen molar-refractivity contribution < 1.29 is 34.1 Å². The summed E-state index contributed by atoms with van der Waals surface area (Å²) in [4.78, 5) is 48.6. The SMILES string of the molecule is CC(C)(C)OC(=O)NC1(C(=O)O)CC(NC(=O)Nc2cccc(Cl)c2)C2C(C(=O)O)C21. The zero-order valence-corrected chi connectivity index (χ0v) is 17.9. The van der Waals surface area contributed by atoms with Crippen molar-refractivity contribution in [1.29, 1.82) is 0 Å². The number of alkyl carbamates (subject to hydrolysis) is 1. The predicted molar refractivity (Wildman–Crippen MR) is 110 cm³/mol. The van der Waals surface area contributed by atoms with Crippen LogP contribution in [0.2, 0.25) is 5.02 Å². The average molecular weight is 454 g/mol. The molecule has 3 amide bonds. The molecule has 5 unspecified atom stereocenters. The fraction of sp³-hybridized carbons (Fsp3) is 0.500. The lowest BCUT2D eigenvalue weighted by Gasteiger charge is -2.31. The van der Waals surface area contributed by atoms with Gasteiger partial charge >= 0.3 is 24.1 Å². The Hall–Kier alpha value is -3.01. The number of urea groups is 1. The van der Waals surface area contributed by atoms with Gasteiger partial charge in [-0.25, -0.2) is 14.4 Å². The molecule has 2 aliphatic rings. The number of anilines is 1. The van der Waals surface area contributed by atoms with Gasteiger partial charge < -0.3 is 30.9 Å². The Morgan fingerprint density at radius 3 is 2.42 bits per heavy atom. The van der Waals surface area contributed by atoms with Gasteiger partial charge in [-0.15, -0.1) is 0 Å². The van der Waals surface area contributed by atoms with Gasteiger partial charge in [0.1, 0.15) is 11.1 Å². The highest BCUT2D eigenvalue weighted by Crippen LogP contribution is 2.62. The van der Waals surface area contributed by atoms with Gasteiger partial charge in [0.25, 0.3) is 0 Å². The lowest BCUT2D eigenvalue weighted by atomic mass is 9.89. The minimum Gasteiger partial charge on any atom is -0.481 e. The third kappa shape index (κ3) is 4.68. The minimum absolute atomic E-state index is 0.177. The molecule has 0 spiro atoms. The summed E-state index contributed by atoms with van der Waals surface area (Å²) in [5.74, 6) is -5.11. The minimum atomic E-state index is -1.87. The van der Waals surface area contributed by atoms with Gasteiger partial charge in [0.05, 0.1) is 5.92 Å². The van der Waals surface area contributed by atoms with Crippen LogP contribution < -0.4 is 16.0 Å². The topological polar surface area (TPSA) is 154 Å². The van der Waals surface area contributed by atoms with Crippen molar-refractivity contribution in [2.24, 2.45) is 17.8 Å². The number of rotatable bonds is 5. The van der Waals surface area contributed by atoms with Gasteiger partial charge in [0, 0.05) is 29.1 Å². The molecular formula is C20H24ClN3O7. The molecule has 2 fully saturated rings. The van der Waals surface area contributed by atoms with Crippen molar-refractivity contribution in [2.75, 3.05) is 5.32 Å². The number of ether oxygens (including phenoxy) is 1. The number of carbonyl (C=O) groups is 4. The lowest BCUT2D eigenvalue weighted by Crippen LogP contribution is -2.58. The summed E-state index contributed by atoms with van der Waals surface area (Å²) in [6.45, 7) is 4.87. The Morgan fingerprint density at radius 1 is 1.19 bits per heavy atom.